The lowest BCUT2D eigenvalue weighted by Gasteiger charge is -2.39. The van der Waals surface area contributed by atoms with Gasteiger partial charge in [-0.05, 0) is 13.8 Å². The molecule has 1 aromatic rings. The molecule has 1 aliphatic rings. The van der Waals surface area contributed by atoms with Crippen LogP contribution in [-0.2, 0) is 0 Å². The van der Waals surface area contributed by atoms with Crippen molar-refractivity contribution < 1.29 is 4.79 Å². The van der Waals surface area contributed by atoms with Crippen LogP contribution in [-0.4, -0.2) is 41.0 Å². The third-order valence-electron chi connectivity index (χ3n) is 2.91. The number of carbonyl (C=O) groups excluding carboxylic acids is 1. The van der Waals surface area contributed by atoms with E-state index in [1.807, 2.05) is 13.8 Å². The average molecular weight is 235 g/mol. The lowest BCUT2D eigenvalue weighted by Crippen LogP contribution is -2.58. The molecular weight excluding hydrogens is 218 g/mol. The molecule has 1 aliphatic heterocycles. The third kappa shape index (κ3) is 2.55. The summed E-state index contributed by atoms with van der Waals surface area (Å²) in [4.78, 5) is 28.3. The molecule has 1 saturated heterocycles. The molecule has 0 bridgehead atoms. The SMILES string of the molecule is CC1(C)CN(C(=O)c2c[nH]ccc2=O)CCN1. The fourth-order valence-electron chi connectivity index (χ4n) is 2.07. The van der Waals surface area contributed by atoms with Crippen LogP contribution in [0.4, 0.5) is 0 Å². The predicted octanol–water partition coefficient (Wildman–Crippen LogP) is 0.199. The lowest BCUT2D eigenvalue weighted by molar-refractivity contribution is 0.0650. The van der Waals surface area contributed by atoms with Crippen LogP contribution < -0.4 is 10.7 Å². The first-order chi connectivity index (χ1) is 7.99. The van der Waals surface area contributed by atoms with Gasteiger partial charge in [-0.25, -0.2) is 0 Å². The lowest BCUT2D eigenvalue weighted by atomic mass is 10.0. The Balaban J connectivity index is 2.21. The van der Waals surface area contributed by atoms with E-state index in [1.54, 1.807) is 4.90 Å². The minimum absolute atomic E-state index is 0.102. The molecule has 1 aromatic heterocycles. The highest BCUT2D eigenvalue weighted by atomic mass is 16.2. The Morgan fingerprint density at radius 1 is 1.47 bits per heavy atom. The predicted molar refractivity (Wildman–Crippen MR) is 65.0 cm³/mol. The Hall–Kier alpha value is -1.62. The largest absolute Gasteiger partial charge is 0.367 e. The first kappa shape index (κ1) is 11.9. The number of H-pyrrole nitrogens is 1. The van der Waals surface area contributed by atoms with Crippen LogP contribution in [0, 0.1) is 0 Å². The molecular formula is C12H17N3O2. The van der Waals surface area contributed by atoms with Crippen molar-refractivity contribution >= 4 is 5.91 Å². The van der Waals surface area contributed by atoms with Gasteiger partial charge in [0, 0.05) is 43.6 Å². The zero-order chi connectivity index (χ0) is 12.5. The molecule has 0 atom stereocenters. The van der Waals surface area contributed by atoms with Crippen LogP contribution in [0.1, 0.15) is 24.2 Å². The molecule has 1 fully saturated rings. The Bertz CT molecular complexity index is 479. The number of rotatable bonds is 1. The maximum Gasteiger partial charge on any atom is 0.259 e. The molecule has 0 aliphatic carbocycles. The monoisotopic (exact) mass is 235 g/mol. The number of pyridine rings is 1. The maximum atomic E-state index is 12.2. The number of carbonyl (C=O) groups is 1. The van der Waals surface area contributed by atoms with E-state index in [-0.39, 0.29) is 22.4 Å². The molecule has 17 heavy (non-hydrogen) atoms. The summed E-state index contributed by atoms with van der Waals surface area (Å²) in [7, 11) is 0. The van der Waals surface area contributed by atoms with E-state index in [0.29, 0.717) is 13.1 Å². The molecule has 0 saturated carbocycles. The second-order valence-corrected chi connectivity index (χ2v) is 4.96. The fourth-order valence-corrected chi connectivity index (χ4v) is 2.07. The summed E-state index contributed by atoms with van der Waals surface area (Å²) in [6.45, 7) is 6.09. The molecule has 0 radical (unpaired) electrons. The minimum atomic E-state index is -0.231. The first-order valence-corrected chi connectivity index (χ1v) is 5.71. The number of hydrogen-bond donors (Lipinski definition) is 2. The van der Waals surface area contributed by atoms with E-state index < -0.39 is 0 Å². The van der Waals surface area contributed by atoms with Gasteiger partial charge in [-0.1, -0.05) is 0 Å². The van der Waals surface area contributed by atoms with Gasteiger partial charge in [0.15, 0.2) is 5.43 Å². The molecule has 2 rings (SSSR count). The van der Waals surface area contributed by atoms with Crippen molar-refractivity contribution in [1.82, 2.24) is 15.2 Å². The quantitative estimate of drug-likeness (QED) is 0.730. The van der Waals surface area contributed by atoms with Gasteiger partial charge in [0.2, 0.25) is 0 Å². The number of amides is 1. The molecule has 1 amide bonds. The third-order valence-corrected chi connectivity index (χ3v) is 2.91. The number of aromatic amines is 1. The van der Waals surface area contributed by atoms with Crippen molar-refractivity contribution in [2.45, 2.75) is 19.4 Å². The topological polar surface area (TPSA) is 65.2 Å². The summed E-state index contributed by atoms with van der Waals surface area (Å²) < 4.78 is 0. The maximum absolute atomic E-state index is 12.2. The van der Waals surface area contributed by atoms with Crippen molar-refractivity contribution in [3.8, 4) is 0 Å². The number of nitrogens with one attached hydrogen (secondary N) is 2. The molecule has 92 valence electrons. The van der Waals surface area contributed by atoms with Gasteiger partial charge in [0.05, 0.1) is 0 Å². The van der Waals surface area contributed by atoms with Gasteiger partial charge >= 0.3 is 0 Å². The van der Waals surface area contributed by atoms with Gasteiger partial charge in [-0.15, -0.1) is 0 Å². The van der Waals surface area contributed by atoms with E-state index in [4.69, 9.17) is 0 Å². The zero-order valence-corrected chi connectivity index (χ0v) is 10.1. The summed E-state index contributed by atoms with van der Waals surface area (Å²) in [6, 6.07) is 1.38. The normalized spacial score (nSPS) is 19.1. The molecule has 2 heterocycles. The highest BCUT2D eigenvalue weighted by Crippen LogP contribution is 2.11. The highest BCUT2D eigenvalue weighted by molar-refractivity contribution is 5.93. The number of piperazine rings is 1. The Morgan fingerprint density at radius 3 is 2.88 bits per heavy atom. The summed E-state index contributed by atoms with van der Waals surface area (Å²) >= 11 is 0. The van der Waals surface area contributed by atoms with Crippen LogP contribution in [0.5, 0.6) is 0 Å². The summed E-state index contributed by atoms with van der Waals surface area (Å²) in [6.07, 6.45) is 3.00. The Kier molecular flexibility index (Phi) is 3.02. The summed E-state index contributed by atoms with van der Waals surface area (Å²) in [5, 5.41) is 3.33. The number of hydrogen-bond acceptors (Lipinski definition) is 3. The Labute approximate surface area is 99.8 Å². The standard InChI is InChI=1S/C12H17N3O2/c1-12(2)8-15(6-5-14-12)11(17)9-7-13-4-3-10(9)16/h3-4,7,14H,5-6,8H2,1-2H3,(H,13,16). The molecule has 5 heteroatoms. The van der Waals surface area contributed by atoms with Crippen LogP contribution in [0.2, 0.25) is 0 Å². The van der Waals surface area contributed by atoms with Gasteiger partial charge in [-0.3, -0.25) is 9.59 Å². The van der Waals surface area contributed by atoms with E-state index in [1.165, 1.54) is 18.5 Å². The van der Waals surface area contributed by atoms with Gasteiger partial charge in [-0.2, -0.15) is 0 Å². The second kappa shape index (κ2) is 4.33. The van der Waals surface area contributed by atoms with Crippen molar-refractivity contribution in [3.63, 3.8) is 0 Å². The molecule has 5 nitrogen and oxygen atoms in total. The number of nitrogens with zero attached hydrogens (tertiary/aromatic N) is 1. The second-order valence-electron chi connectivity index (χ2n) is 4.96. The van der Waals surface area contributed by atoms with Crippen LogP contribution in [0.15, 0.2) is 23.3 Å². The van der Waals surface area contributed by atoms with E-state index in [2.05, 4.69) is 10.3 Å². The van der Waals surface area contributed by atoms with Gasteiger partial charge < -0.3 is 15.2 Å². The van der Waals surface area contributed by atoms with Crippen molar-refractivity contribution in [1.29, 1.82) is 0 Å². The smallest absolute Gasteiger partial charge is 0.259 e. The first-order valence-electron chi connectivity index (χ1n) is 5.71. The molecule has 2 N–H and O–H groups in total. The van der Waals surface area contributed by atoms with Crippen molar-refractivity contribution in [2.75, 3.05) is 19.6 Å². The average Bonchev–Trinajstić information content (AvgIpc) is 2.27. The van der Waals surface area contributed by atoms with Gasteiger partial charge in [0.25, 0.3) is 5.91 Å². The van der Waals surface area contributed by atoms with Gasteiger partial charge in [0.1, 0.15) is 5.56 Å². The molecule has 0 aromatic carbocycles. The Morgan fingerprint density at radius 2 is 2.24 bits per heavy atom. The van der Waals surface area contributed by atoms with Crippen molar-refractivity contribution in [2.24, 2.45) is 0 Å². The van der Waals surface area contributed by atoms with Crippen LogP contribution in [0.3, 0.4) is 0 Å². The number of aromatic nitrogens is 1. The van der Waals surface area contributed by atoms with Crippen LogP contribution in [0.25, 0.3) is 0 Å². The summed E-state index contributed by atoms with van der Waals surface area (Å²) in [5.41, 5.74) is -0.120. The zero-order valence-electron chi connectivity index (χ0n) is 10.1. The minimum Gasteiger partial charge on any atom is -0.367 e. The fraction of sp³-hybridized carbons (Fsp3) is 0.500. The molecule has 0 spiro atoms. The van der Waals surface area contributed by atoms with Crippen molar-refractivity contribution in [3.05, 3.63) is 34.2 Å². The van der Waals surface area contributed by atoms with E-state index >= 15 is 0 Å². The van der Waals surface area contributed by atoms with E-state index in [0.717, 1.165) is 6.54 Å². The summed E-state index contributed by atoms with van der Waals surface area (Å²) in [5.74, 6) is -0.193. The van der Waals surface area contributed by atoms with Crippen LogP contribution >= 0.6 is 0 Å². The highest BCUT2D eigenvalue weighted by Gasteiger charge is 2.29. The molecule has 0 unspecified atom stereocenters. The van der Waals surface area contributed by atoms with E-state index in [9.17, 15) is 9.59 Å².